The third kappa shape index (κ3) is 7.02. The molecular weight excluding hydrogens is 639 g/mol. The Morgan fingerprint density at radius 2 is 1.82 bits per heavy atom. The van der Waals surface area contributed by atoms with Crippen molar-refractivity contribution in [2.75, 3.05) is 17.7 Å². The van der Waals surface area contributed by atoms with Crippen LogP contribution in [0.4, 0.5) is 10.5 Å². The third-order valence-corrected chi connectivity index (χ3v) is 8.99. The van der Waals surface area contributed by atoms with Gasteiger partial charge in [-0.05, 0) is 77.7 Å². The molecule has 1 saturated heterocycles. The average Bonchev–Trinajstić information content (AvgIpc) is 3.20. The number of rotatable bonds is 9. The van der Waals surface area contributed by atoms with Gasteiger partial charge in [0.2, 0.25) is 5.91 Å². The van der Waals surface area contributed by atoms with Gasteiger partial charge < -0.3 is 19.5 Å². The maximum absolute atomic E-state index is 13.1. The number of anilines is 1. The molecule has 0 radical (unpaired) electrons. The molecule has 1 heterocycles. The van der Waals surface area contributed by atoms with Gasteiger partial charge in [-0.1, -0.05) is 27.7 Å². The zero-order chi connectivity index (χ0) is 29.1. The summed E-state index contributed by atoms with van der Waals surface area (Å²) in [4.78, 5) is 39.2. The second-order valence-electron chi connectivity index (χ2n) is 10.2. The Morgan fingerprint density at radius 3 is 2.36 bits per heavy atom. The van der Waals surface area contributed by atoms with Gasteiger partial charge >= 0.3 is 12.1 Å². The number of aliphatic carboxylic acids is 1. The van der Waals surface area contributed by atoms with Crippen LogP contribution in [0, 0.1) is 8.99 Å². The SMILES string of the molecule is CCOC(=O)Nc1cc(C2CCC(=O)N2C(C(=O)O)C(C)(C)C)c(Oc2ccc(S(=O)(=O)CC)cc2)cc1I. The molecule has 1 aliphatic rings. The molecule has 1 aliphatic heterocycles. The summed E-state index contributed by atoms with van der Waals surface area (Å²) in [6.45, 7) is 8.72. The standard InChI is InChI=1S/C27H33IN2O8S/c1-6-37-26(34)29-20-14-18(21-12-13-23(31)30(21)24(25(32)33)27(3,4)5)22(15-19(20)28)38-16-8-10-17(11-9-16)39(35,36)7-2/h8-11,14-15,21,24H,6-7,12-13H2,1-5H3,(H,29,34)(H,32,33). The molecule has 2 unspecified atom stereocenters. The number of ether oxygens (including phenoxy) is 2. The van der Waals surface area contributed by atoms with E-state index >= 15 is 0 Å². The van der Waals surface area contributed by atoms with E-state index in [4.69, 9.17) is 9.47 Å². The number of hydrogen-bond donors (Lipinski definition) is 2. The minimum Gasteiger partial charge on any atom is -0.480 e. The molecule has 2 aromatic carbocycles. The Labute approximate surface area is 242 Å². The zero-order valence-corrected chi connectivity index (χ0v) is 25.5. The van der Waals surface area contributed by atoms with Crippen molar-refractivity contribution in [3.8, 4) is 11.5 Å². The minimum atomic E-state index is -3.39. The summed E-state index contributed by atoms with van der Waals surface area (Å²) >= 11 is 2.03. The number of nitrogens with zero attached hydrogens (tertiary/aromatic N) is 1. The van der Waals surface area contributed by atoms with Gasteiger partial charge in [-0.2, -0.15) is 0 Å². The summed E-state index contributed by atoms with van der Waals surface area (Å²) in [6, 6.07) is 7.59. The molecule has 0 spiro atoms. The Balaban J connectivity index is 2.12. The average molecular weight is 673 g/mol. The van der Waals surface area contributed by atoms with Crippen molar-refractivity contribution in [2.45, 2.75) is 64.4 Å². The van der Waals surface area contributed by atoms with Gasteiger partial charge in [-0.15, -0.1) is 0 Å². The molecule has 10 nitrogen and oxygen atoms in total. The molecular formula is C27H33IN2O8S. The molecule has 2 amide bonds. The van der Waals surface area contributed by atoms with Crippen LogP contribution in [0.25, 0.3) is 0 Å². The first-order valence-corrected chi connectivity index (χ1v) is 15.2. The molecule has 0 saturated carbocycles. The van der Waals surface area contributed by atoms with E-state index in [0.717, 1.165) is 0 Å². The minimum absolute atomic E-state index is 0.0332. The Bertz CT molecular complexity index is 1350. The highest BCUT2D eigenvalue weighted by Gasteiger charge is 2.46. The topological polar surface area (TPSA) is 139 Å². The Hall–Kier alpha value is -2.87. The summed E-state index contributed by atoms with van der Waals surface area (Å²) in [5.74, 6) is -0.735. The molecule has 212 valence electrons. The van der Waals surface area contributed by atoms with Gasteiger partial charge in [0, 0.05) is 15.6 Å². The number of carbonyl (C=O) groups is 3. The van der Waals surface area contributed by atoms with E-state index in [1.54, 1.807) is 46.8 Å². The molecule has 12 heteroatoms. The van der Waals surface area contributed by atoms with Crippen LogP contribution in [0.3, 0.4) is 0 Å². The number of carboxylic acids is 1. The molecule has 2 atom stereocenters. The van der Waals surface area contributed by atoms with Crippen molar-refractivity contribution < 1.29 is 37.4 Å². The molecule has 0 aromatic heterocycles. The normalized spacial score (nSPS) is 16.6. The fourth-order valence-electron chi connectivity index (χ4n) is 4.54. The van der Waals surface area contributed by atoms with E-state index in [1.165, 1.54) is 29.2 Å². The van der Waals surface area contributed by atoms with Gasteiger partial charge in [0.25, 0.3) is 0 Å². The van der Waals surface area contributed by atoms with Crippen LogP contribution >= 0.6 is 22.6 Å². The number of hydrogen-bond acceptors (Lipinski definition) is 7. The van der Waals surface area contributed by atoms with E-state index in [-0.39, 0.29) is 29.6 Å². The van der Waals surface area contributed by atoms with E-state index in [1.807, 2.05) is 22.6 Å². The Morgan fingerprint density at radius 1 is 1.18 bits per heavy atom. The first kappa shape index (κ1) is 30.7. The highest BCUT2D eigenvalue weighted by molar-refractivity contribution is 14.1. The number of sulfone groups is 1. The smallest absolute Gasteiger partial charge is 0.411 e. The van der Waals surface area contributed by atoms with Gasteiger partial charge in [0.05, 0.1) is 29.0 Å². The van der Waals surface area contributed by atoms with Crippen molar-refractivity contribution in [1.82, 2.24) is 4.90 Å². The largest absolute Gasteiger partial charge is 0.480 e. The van der Waals surface area contributed by atoms with Crippen molar-refractivity contribution in [3.63, 3.8) is 0 Å². The third-order valence-electron chi connectivity index (χ3n) is 6.35. The molecule has 2 aromatic rings. The maximum Gasteiger partial charge on any atom is 0.411 e. The summed E-state index contributed by atoms with van der Waals surface area (Å²) in [7, 11) is -3.39. The van der Waals surface area contributed by atoms with Crippen LogP contribution in [0.5, 0.6) is 11.5 Å². The van der Waals surface area contributed by atoms with Gasteiger partial charge in [0.1, 0.15) is 17.5 Å². The fourth-order valence-corrected chi connectivity index (χ4v) is 6.00. The molecule has 39 heavy (non-hydrogen) atoms. The van der Waals surface area contributed by atoms with E-state index in [0.29, 0.717) is 32.7 Å². The number of benzene rings is 2. The number of carboxylic acid groups (broad SMARTS) is 1. The van der Waals surface area contributed by atoms with Crippen LogP contribution in [0.1, 0.15) is 59.1 Å². The summed E-state index contributed by atoms with van der Waals surface area (Å²) < 4.78 is 36.2. The van der Waals surface area contributed by atoms with Crippen molar-refractivity contribution in [3.05, 3.63) is 45.5 Å². The molecule has 0 bridgehead atoms. The second kappa shape index (κ2) is 12.1. The summed E-state index contributed by atoms with van der Waals surface area (Å²) in [6.07, 6.45) is -0.150. The lowest BCUT2D eigenvalue weighted by atomic mass is 9.84. The quantitative estimate of drug-likeness (QED) is 0.328. The Kier molecular flexibility index (Phi) is 9.52. The number of amides is 2. The zero-order valence-electron chi connectivity index (χ0n) is 22.5. The molecule has 3 rings (SSSR count). The van der Waals surface area contributed by atoms with Crippen molar-refractivity contribution >= 4 is 56.1 Å². The second-order valence-corrected chi connectivity index (χ2v) is 13.6. The molecule has 0 aliphatic carbocycles. The van der Waals surface area contributed by atoms with Gasteiger partial charge in [-0.25, -0.2) is 18.0 Å². The van der Waals surface area contributed by atoms with Crippen LogP contribution < -0.4 is 10.1 Å². The van der Waals surface area contributed by atoms with Crippen molar-refractivity contribution in [1.29, 1.82) is 0 Å². The highest BCUT2D eigenvalue weighted by Crippen LogP contribution is 2.45. The lowest BCUT2D eigenvalue weighted by molar-refractivity contribution is -0.155. The summed E-state index contributed by atoms with van der Waals surface area (Å²) in [5.41, 5.74) is 0.164. The van der Waals surface area contributed by atoms with E-state index in [9.17, 15) is 27.9 Å². The predicted molar refractivity (Wildman–Crippen MR) is 154 cm³/mol. The van der Waals surface area contributed by atoms with Crippen LogP contribution in [0.15, 0.2) is 41.3 Å². The van der Waals surface area contributed by atoms with Crippen LogP contribution in [-0.4, -0.2) is 54.8 Å². The monoisotopic (exact) mass is 672 g/mol. The lowest BCUT2D eigenvalue weighted by Crippen LogP contribution is -2.50. The van der Waals surface area contributed by atoms with E-state index < -0.39 is 39.4 Å². The van der Waals surface area contributed by atoms with Gasteiger partial charge in [-0.3, -0.25) is 10.1 Å². The summed E-state index contributed by atoms with van der Waals surface area (Å²) in [5, 5.41) is 12.8. The maximum atomic E-state index is 13.1. The van der Waals surface area contributed by atoms with Crippen LogP contribution in [-0.2, 0) is 24.2 Å². The predicted octanol–water partition coefficient (Wildman–Crippen LogP) is 5.61. The first-order valence-electron chi connectivity index (χ1n) is 12.5. The van der Waals surface area contributed by atoms with E-state index in [2.05, 4.69) is 5.32 Å². The molecule has 1 fully saturated rings. The number of carbonyl (C=O) groups excluding carboxylic acids is 2. The number of likely N-dealkylation sites (tertiary alicyclic amines) is 1. The molecule has 2 N–H and O–H groups in total. The number of halogens is 1. The lowest BCUT2D eigenvalue weighted by Gasteiger charge is -2.39. The van der Waals surface area contributed by atoms with Gasteiger partial charge in [0.15, 0.2) is 9.84 Å². The van der Waals surface area contributed by atoms with Crippen molar-refractivity contribution in [2.24, 2.45) is 5.41 Å². The first-order chi connectivity index (χ1) is 18.2. The fraction of sp³-hybridized carbons (Fsp3) is 0.444. The number of nitrogens with one attached hydrogen (secondary N) is 1. The van der Waals surface area contributed by atoms with Crippen LogP contribution in [0.2, 0.25) is 0 Å². The highest BCUT2D eigenvalue weighted by atomic mass is 127.